The number of hydrogen-bond acceptors (Lipinski definition) is 3. The van der Waals surface area contributed by atoms with E-state index in [2.05, 4.69) is 15.5 Å². The quantitative estimate of drug-likeness (QED) is 0.803. The maximum atomic E-state index is 13.1. The van der Waals surface area contributed by atoms with Crippen LogP contribution < -0.4 is 5.32 Å². The predicted octanol–water partition coefficient (Wildman–Crippen LogP) is 2.15. The van der Waals surface area contributed by atoms with E-state index in [0.717, 1.165) is 11.4 Å². The van der Waals surface area contributed by atoms with Crippen molar-refractivity contribution in [2.24, 2.45) is 0 Å². The topological polar surface area (TPSA) is 59.3 Å². The summed E-state index contributed by atoms with van der Waals surface area (Å²) in [7, 11) is 0. The lowest BCUT2D eigenvalue weighted by atomic mass is 10.1. The van der Waals surface area contributed by atoms with Crippen LogP contribution in [-0.2, 0) is 6.42 Å². The molecular weight excluding hydrogens is 283 g/mol. The number of pyridine rings is 1. The fourth-order valence-electron chi connectivity index (χ4n) is 2.32. The van der Waals surface area contributed by atoms with Crippen molar-refractivity contribution in [2.45, 2.75) is 13.3 Å². The van der Waals surface area contributed by atoms with E-state index in [9.17, 15) is 9.18 Å². The first kappa shape index (κ1) is 14.2. The van der Waals surface area contributed by atoms with Crippen LogP contribution in [0.25, 0.3) is 5.65 Å². The van der Waals surface area contributed by atoms with E-state index in [0.29, 0.717) is 24.2 Å². The fraction of sp³-hybridized carbons (Fsp3) is 0.188. The molecule has 1 amide bonds. The summed E-state index contributed by atoms with van der Waals surface area (Å²) < 4.78 is 14.9. The second-order valence-electron chi connectivity index (χ2n) is 5.00. The third-order valence-corrected chi connectivity index (χ3v) is 3.44. The zero-order valence-corrected chi connectivity index (χ0v) is 12.1. The number of carbonyl (C=O) groups excluding carboxylic acids is 1. The summed E-state index contributed by atoms with van der Waals surface area (Å²) in [6.07, 6.45) is 2.38. The van der Waals surface area contributed by atoms with E-state index in [-0.39, 0.29) is 11.7 Å². The van der Waals surface area contributed by atoms with E-state index in [1.165, 1.54) is 12.1 Å². The molecule has 6 heteroatoms. The van der Waals surface area contributed by atoms with Crippen molar-refractivity contribution in [3.8, 4) is 0 Å². The van der Waals surface area contributed by atoms with Crippen LogP contribution in [0.4, 0.5) is 4.39 Å². The average Bonchev–Trinajstić information content (AvgIpc) is 2.89. The Bertz CT molecular complexity index is 828. The van der Waals surface area contributed by atoms with Gasteiger partial charge in [-0.25, -0.2) is 4.39 Å². The Morgan fingerprint density at radius 3 is 2.95 bits per heavy atom. The van der Waals surface area contributed by atoms with Gasteiger partial charge >= 0.3 is 0 Å². The molecule has 0 saturated heterocycles. The highest BCUT2D eigenvalue weighted by atomic mass is 19.1. The Kier molecular flexibility index (Phi) is 3.82. The molecule has 0 aliphatic carbocycles. The summed E-state index contributed by atoms with van der Waals surface area (Å²) in [5.41, 5.74) is 1.85. The average molecular weight is 298 g/mol. The minimum atomic E-state index is -0.271. The highest BCUT2D eigenvalue weighted by Crippen LogP contribution is 2.10. The summed E-state index contributed by atoms with van der Waals surface area (Å²) in [6.45, 7) is 2.25. The Labute approximate surface area is 126 Å². The molecule has 1 N–H and O–H groups in total. The zero-order valence-electron chi connectivity index (χ0n) is 12.1. The van der Waals surface area contributed by atoms with Crippen LogP contribution in [0.5, 0.6) is 0 Å². The Balaban J connectivity index is 1.69. The molecule has 2 heterocycles. The molecule has 0 aliphatic heterocycles. The zero-order chi connectivity index (χ0) is 15.5. The van der Waals surface area contributed by atoms with E-state index in [1.807, 2.05) is 19.2 Å². The molecule has 0 bridgehead atoms. The molecule has 0 aliphatic rings. The summed E-state index contributed by atoms with van der Waals surface area (Å²) in [4.78, 5) is 12.3. The Morgan fingerprint density at radius 2 is 2.14 bits per heavy atom. The lowest BCUT2D eigenvalue weighted by molar-refractivity contribution is 0.0955. The standard InChI is InChI=1S/C16H15FN4O/c1-11-19-20-15-14(6-3-9-21(11)15)16(22)18-8-7-12-4-2-5-13(17)10-12/h2-6,9-10H,7-8H2,1H3,(H,18,22). The van der Waals surface area contributed by atoms with Gasteiger partial charge in [0.2, 0.25) is 0 Å². The van der Waals surface area contributed by atoms with Crippen molar-refractivity contribution >= 4 is 11.6 Å². The lowest BCUT2D eigenvalue weighted by Gasteiger charge is -2.06. The van der Waals surface area contributed by atoms with Crippen LogP contribution >= 0.6 is 0 Å². The molecule has 0 atom stereocenters. The summed E-state index contributed by atoms with van der Waals surface area (Å²) in [5.74, 6) is 0.242. The first-order valence-corrected chi connectivity index (χ1v) is 6.98. The van der Waals surface area contributed by atoms with Gasteiger partial charge in [0, 0.05) is 12.7 Å². The van der Waals surface area contributed by atoms with Gasteiger partial charge in [-0.3, -0.25) is 9.20 Å². The highest BCUT2D eigenvalue weighted by Gasteiger charge is 2.12. The summed E-state index contributed by atoms with van der Waals surface area (Å²) >= 11 is 0. The van der Waals surface area contributed by atoms with Gasteiger partial charge in [-0.05, 0) is 43.2 Å². The van der Waals surface area contributed by atoms with Crippen molar-refractivity contribution in [1.82, 2.24) is 19.9 Å². The number of benzene rings is 1. The Hall–Kier alpha value is -2.76. The predicted molar refractivity (Wildman–Crippen MR) is 80.2 cm³/mol. The van der Waals surface area contributed by atoms with Crippen LogP contribution in [0.1, 0.15) is 21.7 Å². The molecular formula is C16H15FN4O. The van der Waals surface area contributed by atoms with Crippen LogP contribution in [0.2, 0.25) is 0 Å². The number of rotatable bonds is 4. The first-order chi connectivity index (χ1) is 10.6. The van der Waals surface area contributed by atoms with E-state index in [4.69, 9.17) is 0 Å². The molecule has 0 saturated carbocycles. The monoisotopic (exact) mass is 298 g/mol. The molecule has 0 fully saturated rings. The maximum absolute atomic E-state index is 13.1. The van der Waals surface area contributed by atoms with Gasteiger partial charge in [0.05, 0.1) is 5.56 Å². The second kappa shape index (κ2) is 5.93. The number of nitrogens with zero attached hydrogens (tertiary/aromatic N) is 3. The molecule has 0 unspecified atom stereocenters. The number of hydrogen-bond donors (Lipinski definition) is 1. The van der Waals surface area contributed by atoms with Crippen LogP contribution in [0, 0.1) is 12.7 Å². The molecule has 22 heavy (non-hydrogen) atoms. The molecule has 5 nitrogen and oxygen atoms in total. The first-order valence-electron chi connectivity index (χ1n) is 6.98. The highest BCUT2D eigenvalue weighted by molar-refractivity contribution is 5.99. The van der Waals surface area contributed by atoms with E-state index >= 15 is 0 Å². The lowest BCUT2D eigenvalue weighted by Crippen LogP contribution is -2.26. The SMILES string of the molecule is Cc1nnc2c(C(=O)NCCc3cccc(F)c3)cccn12. The normalized spacial score (nSPS) is 10.8. The van der Waals surface area contributed by atoms with Crippen LogP contribution in [0.3, 0.4) is 0 Å². The third kappa shape index (κ3) is 2.81. The third-order valence-electron chi connectivity index (χ3n) is 3.44. The molecule has 0 radical (unpaired) electrons. The number of nitrogens with one attached hydrogen (secondary N) is 1. The smallest absolute Gasteiger partial charge is 0.255 e. The number of halogens is 1. The number of amides is 1. The number of aryl methyl sites for hydroxylation is 1. The molecule has 0 spiro atoms. The maximum Gasteiger partial charge on any atom is 0.255 e. The van der Waals surface area contributed by atoms with Gasteiger partial charge in [0.15, 0.2) is 5.65 Å². The van der Waals surface area contributed by atoms with E-state index in [1.54, 1.807) is 22.6 Å². The van der Waals surface area contributed by atoms with Crippen LogP contribution in [0.15, 0.2) is 42.6 Å². The van der Waals surface area contributed by atoms with Crippen LogP contribution in [-0.4, -0.2) is 27.0 Å². The van der Waals surface area contributed by atoms with Gasteiger partial charge in [-0.15, -0.1) is 10.2 Å². The minimum absolute atomic E-state index is 0.214. The molecule has 1 aromatic carbocycles. The molecule has 3 aromatic rings. The van der Waals surface area contributed by atoms with Crippen molar-refractivity contribution < 1.29 is 9.18 Å². The summed E-state index contributed by atoms with van der Waals surface area (Å²) in [6, 6.07) is 9.85. The van der Waals surface area contributed by atoms with Crippen molar-refractivity contribution in [3.05, 3.63) is 65.4 Å². The molecule has 3 rings (SSSR count). The number of carbonyl (C=O) groups is 1. The summed E-state index contributed by atoms with van der Waals surface area (Å²) in [5, 5.41) is 10.8. The van der Waals surface area contributed by atoms with Gasteiger partial charge in [0.1, 0.15) is 11.6 Å². The number of fused-ring (bicyclic) bond motifs is 1. The number of aromatic nitrogens is 3. The van der Waals surface area contributed by atoms with Crippen molar-refractivity contribution in [2.75, 3.05) is 6.54 Å². The van der Waals surface area contributed by atoms with Crippen molar-refractivity contribution in [1.29, 1.82) is 0 Å². The van der Waals surface area contributed by atoms with Gasteiger partial charge in [0.25, 0.3) is 5.91 Å². The Morgan fingerprint density at radius 1 is 1.27 bits per heavy atom. The second-order valence-corrected chi connectivity index (χ2v) is 5.00. The van der Waals surface area contributed by atoms with Gasteiger partial charge in [-0.2, -0.15) is 0 Å². The molecule has 112 valence electrons. The molecule has 2 aromatic heterocycles. The van der Waals surface area contributed by atoms with Gasteiger partial charge < -0.3 is 5.32 Å². The van der Waals surface area contributed by atoms with Crippen molar-refractivity contribution in [3.63, 3.8) is 0 Å². The fourth-order valence-corrected chi connectivity index (χ4v) is 2.32. The minimum Gasteiger partial charge on any atom is -0.352 e. The largest absolute Gasteiger partial charge is 0.352 e. The van der Waals surface area contributed by atoms with E-state index < -0.39 is 0 Å². The van der Waals surface area contributed by atoms with Gasteiger partial charge in [-0.1, -0.05) is 12.1 Å².